The Hall–Kier alpha value is -2.20. The van der Waals surface area contributed by atoms with Crippen LogP contribution in [-0.2, 0) is 23.8 Å². The van der Waals surface area contributed by atoms with Gasteiger partial charge in [0.05, 0.1) is 5.52 Å². The summed E-state index contributed by atoms with van der Waals surface area (Å²) in [5.74, 6) is 0. The van der Waals surface area contributed by atoms with Gasteiger partial charge in [0.15, 0.2) is 0 Å². The summed E-state index contributed by atoms with van der Waals surface area (Å²) in [7, 11) is 1.18. The molecule has 0 radical (unpaired) electrons. The highest BCUT2D eigenvalue weighted by atomic mass is 32.2. The number of hydrogen-bond donors (Lipinski definition) is 0. The topological polar surface area (TPSA) is 33.2 Å². The fraction of sp³-hybridized carbons (Fsp3) is 0.286. The van der Waals surface area contributed by atoms with Crippen molar-refractivity contribution >= 4 is 27.4 Å². The smallest absolute Gasteiger partial charge is 0.0726 e. The van der Waals surface area contributed by atoms with Crippen LogP contribution in [0, 0.1) is 0 Å². The van der Waals surface area contributed by atoms with Gasteiger partial charge in [0.1, 0.15) is 0 Å². The monoisotopic (exact) mass is 352 g/mol. The number of nitrogens with zero attached hydrogens (tertiary/aromatic N) is 2. The predicted octanol–water partition coefficient (Wildman–Crippen LogP) is 4.56. The van der Waals surface area contributed by atoms with Crippen LogP contribution in [0.3, 0.4) is 0 Å². The number of anilines is 1. The molecule has 0 aliphatic heterocycles. The van der Waals surface area contributed by atoms with Crippen LogP contribution in [-0.4, -0.2) is 22.5 Å². The number of hydrogen-bond acceptors (Lipinski definition) is 3. The van der Waals surface area contributed by atoms with Gasteiger partial charge in [-0.25, -0.2) is 0 Å². The second-order valence-corrected chi connectivity index (χ2v) is 7.73. The molecule has 0 bridgehead atoms. The average molecular weight is 353 g/mol. The van der Waals surface area contributed by atoms with Crippen LogP contribution < -0.4 is 4.90 Å². The van der Waals surface area contributed by atoms with E-state index in [1.54, 1.807) is 6.26 Å². The molecular formula is C21H24N2OS. The number of benzene rings is 2. The van der Waals surface area contributed by atoms with Crippen LogP contribution in [0.25, 0.3) is 10.9 Å². The normalized spacial score (nSPS) is 12.3. The van der Waals surface area contributed by atoms with Crippen LogP contribution >= 0.6 is 0 Å². The lowest BCUT2D eigenvalue weighted by molar-refractivity contribution is 0.687. The lowest BCUT2D eigenvalue weighted by Crippen LogP contribution is -2.17. The molecule has 25 heavy (non-hydrogen) atoms. The van der Waals surface area contributed by atoms with Crippen molar-refractivity contribution in [1.82, 2.24) is 4.98 Å². The lowest BCUT2D eigenvalue weighted by Gasteiger charge is -2.22. The van der Waals surface area contributed by atoms with Gasteiger partial charge in [0.2, 0.25) is 0 Å². The van der Waals surface area contributed by atoms with Gasteiger partial charge in [0.25, 0.3) is 0 Å². The zero-order chi connectivity index (χ0) is 17.8. The highest BCUT2D eigenvalue weighted by molar-refractivity contribution is 7.84. The van der Waals surface area contributed by atoms with Crippen LogP contribution in [0.2, 0.25) is 0 Å². The Morgan fingerprint density at radius 3 is 2.48 bits per heavy atom. The van der Waals surface area contributed by atoms with E-state index >= 15 is 0 Å². The van der Waals surface area contributed by atoms with Gasteiger partial charge >= 0.3 is 0 Å². The third-order valence-electron chi connectivity index (χ3n) is 4.34. The largest absolute Gasteiger partial charge is 0.370 e. The molecule has 1 unspecified atom stereocenters. The molecule has 0 aliphatic rings. The Morgan fingerprint density at radius 1 is 1.08 bits per heavy atom. The minimum absolute atomic E-state index is 0.802. The standard InChI is InChI=1S/C21H24N2OS/c1-4-7-17-14-21(19-8-5-6-9-20(19)22-17)23(2)15-16-10-12-18(13-11-16)25(3)24/h5-6,8-14H,4,7,15H2,1-3H3. The summed E-state index contributed by atoms with van der Waals surface area (Å²) >= 11 is 0. The molecule has 0 saturated carbocycles. The first kappa shape index (κ1) is 17.6. The summed E-state index contributed by atoms with van der Waals surface area (Å²) < 4.78 is 11.5. The Balaban J connectivity index is 1.92. The summed E-state index contributed by atoms with van der Waals surface area (Å²) in [6.45, 7) is 2.98. The van der Waals surface area contributed by atoms with Crippen LogP contribution in [0.15, 0.2) is 59.5 Å². The average Bonchev–Trinajstić information content (AvgIpc) is 2.61. The lowest BCUT2D eigenvalue weighted by atomic mass is 10.1. The molecule has 3 aromatic rings. The molecule has 0 N–H and O–H groups in total. The van der Waals surface area contributed by atoms with Gasteiger partial charge in [0, 0.05) is 52.3 Å². The maximum absolute atomic E-state index is 11.5. The third-order valence-corrected chi connectivity index (χ3v) is 5.28. The van der Waals surface area contributed by atoms with Gasteiger partial charge in [-0.15, -0.1) is 0 Å². The van der Waals surface area contributed by atoms with Crippen LogP contribution in [0.4, 0.5) is 5.69 Å². The second kappa shape index (κ2) is 7.79. The van der Waals surface area contributed by atoms with Crippen molar-refractivity contribution in [2.75, 3.05) is 18.2 Å². The second-order valence-electron chi connectivity index (χ2n) is 6.35. The van der Waals surface area contributed by atoms with Gasteiger partial charge in [-0.3, -0.25) is 9.19 Å². The molecule has 2 aromatic carbocycles. The van der Waals surface area contributed by atoms with E-state index in [1.165, 1.54) is 16.6 Å². The van der Waals surface area contributed by atoms with E-state index in [-0.39, 0.29) is 0 Å². The fourth-order valence-electron chi connectivity index (χ4n) is 3.06. The summed E-state index contributed by atoms with van der Waals surface area (Å²) in [5, 5.41) is 1.18. The molecule has 4 heteroatoms. The van der Waals surface area contributed by atoms with Crippen molar-refractivity contribution in [3.05, 3.63) is 65.9 Å². The molecule has 1 atom stereocenters. The van der Waals surface area contributed by atoms with Gasteiger partial charge in [-0.2, -0.15) is 0 Å². The summed E-state index contributed by atoms with van der Waals surface area (Å²) in [6.07, 6.45) is 3.78. The van der Waals surface area contributed by atoms with E-state index in [0.29, 0.717) is 0 Å². The van der Waals surface area contributed by atoms with E-state index < -0.39 is 10.8 Å². The summed E-state index contributed by atoms with van der Waals surface area (Å²) in [5.41, 5.74) is 4.60. The molecule has 130 valence electrons. The molecule has 0 saturated heterocycles. The number of pyridine rings is 1. The minimum atomic E-state index is -0.932. The Labute approximate surface area is 152 Å². The molecule has 3 rings (SSSR count). The molecule has 1 heterocycles. The molecule has 0 amide bonds. The van der Waals surface area contributed by atoms with E-state index in [9.17, 15) is 4.21 Å². The Kier molecular flexibility index (Phi) is 5.49. The summed E-state index contributed by atoms with van der Waals surface area (Å²) in [4.78, 5) is 7.92. The van der Waals surface area contributed by atoms with Gasteiger partial charge < -0.3 is 4.90 Å². The van der Waals surface area contributed by atoms with E-state index in [2.05, 4.69) is 55.3 Å². The minimum Gasteiger partial charge on any atom is -0.370 e. The number of para-hydroxylation sites is 1. The van der Waals surface area contributed by atoms with Gasteiger partial charge in [-0.1, -0.05) is 43.7 Å². The van der Waals surface area contributed by atoms with Gasteiger partial charge in [-0.05, 0) is 36.2 Å². The van der Waals surface area contributed by atoms with Crippen molar-refractivity contribution in [3.8, 4) is 0 Å². The first-order chi connectivity index (χ1) is 12.1. The number of fused-ring (bicyclic) bond motifs is 1. The summed E-state index contributed by atoms with van der Waals surface area (Å²) in [6, 6.07) is 18.5. The number of rotatable bonds is 6. The van der Waals surface area contributed by atoms with E-state index in [0.717, 1.165) is 35.5 Å². The predicted molar refractivity (Wildman–Crippen MR) is 107 cm³/mol. The Bertz CT molecular complexity index is 890. The maximum Gasteiger partial charge on any atom is 0.0726 e. The zero-order valence-corrected chi connectivity index (χ0v) is 15.8. The molecule has 1 aromatic heterocycles. The third kappa shape index (κ3) is 4.07. The zero-order valence-electron chi connectivity index (χ0n) is 15.0. The first-order valence-corrected chi connectivity index (χ1v) is 10.2. The molecule has 3 nitrogen and oxygen atoms in total. The maximum atomic E-state index is 11.5. The highest BCUT2D eigenvalue weighted by Crippen LogP contribution is 2.27. The number of aromatic nitrogens is 1. The molecule has 0 aliphatic carbocycles. The van der Waals surface area contributed by atoms with Crippen molar-refractivity contribution in [2.45, 2.75) is 31.2 Å². The first-order valence-electron chi connectivity index (χ1n) is 8.60. The highest BCUT2D eigenvalue weighted by Gasteiger charge is 2.10. The van der Waals surface area contributed by atoms with E-state index in [1.807, 2.05) is 18.2 Å². The van der Waals surface area contributed by atoms with Crippen LogP contribution in [0.5, 0.6) is 0 Å². The van der Waals surface area contributed by atoms with Crippen LogP contribution in [0.1, 0.15) is 24.6 Å². The molecule has 0 fully saturated rings. The quantitative estimate of drug-likeness (QED) is 0.652. The molecular weight excluding hydrogens is 328 g/mol. The fourth-order valence-corrected chi connectivity index (χ4v) is 3.58. The molecule has 0 spiro atoms. The Morgan fingerprint density at radius 2 is 1.80 bits per heavy atom. The van der Waals surface area contributed by atoms with Crippen molar-refractivity contribution in [3.63, 3.8) is 0 Å². The van der Waals surface area contributed by atoms with E-state index in [4.69, 9.17) is 4.98 Å². The van der Waals surface area contributed by atoms with Crippen molar-refractivity contribution in [1.29, 1.82) is 0 Å². The SMILES string of the molecule is CCCc1cc(N(C)Cc2ccc(S(C)=O)cc2)c2ccccc2n1. The van der Waals surface area contributed by atoms with Crippen molar-refractivity contribution in [2.24, 2.45) is 0 Å². The van der Waals surface area contributed by atoms with Crippen molar-refractivity contribution < 1.29 is 4.21 Å². The number of aryl methyl sites for hydroxylation is 1.